The summed E-state index contributed by atoms with van der Waals surface area (Å²) in [6.45, 7) is 1.93. The number of Topliss-reactive ketones (excluding diaryl/α,β-unsaturated/α-hetero) is 1. The highest BCUT2D eigenvalue weighted by Crippen LogP contribution is 2.64. The molecule has 1 aromatic carbocycles. The summed E-state index contributed by atoms with van der Waals surface area (Å²) in [4.78, 5) is 21.5. The highest BCUT2D eigenvalue weighted by atomic mass is 16.6. The van der Waals surface area contributed by atoms with Crippen LogP contribution in [0.15, 0.2) is 40.9 Å². The second-order valence-corrected chi connectivity index (χ2v) is 8.87. The van der Waals surface area contributed by atoms with Crippen LogP contribution in [0.5, 0.6) is 5.75 Å². The number of aromatic hydroxyl groups is 1. The predicted octanol–water partition coefficient (Wildman–Crippen LogP) is 4.08. The van der Waals surface area contributed by atoms with Crippen LogP contribution in [0.2, 0.25) is 0 Å². The third-order valence-electron chi connectivity index (χ3n) is 7.04. The molecule has 0 bridgehead atoms. The van der Waals surface area contributed by atoms with Crippen molar-refractivity contribution >= 4 is 12.2 Å². The number of hydrogen-bond acceptors (Lipinski definition) is 5. The smallest absolute Gasteiger partial charge is 0.204 e. The number of hydrogen-bond donors (Lipinski definition) is 3. The molecule has 6 heteroatoms. The van der Waals surface area contributed by atoms with E-state index in [4.69, 9.17) is 9.53 Å². The van der Waals surface area contributed by atoms with E-state index in [1.807, 2.05) is 13.0 Å². The summed E-state index contributed by atoms with van der Waals surface area (Å²) in [5.41, 5.74) is 6.90. The normalized spacial score (nSPS) is 29.8. The van der Waals surface area contributed by atoms with Gasteiger partial charge >= 0.3 is 0 Å². The van der Waals surface area contributed by atoms with Gasteiger partial charge in [-0.1, -0.05) is 37.8 Å². The first-order chi connectivity index (χ1) is 14.4. The SMILES string of the molecule is C1CCC1.CC1=C(O)C[C@@H]2CC3Cc4cccc(O)c4C(=O)C3=C3O[C@]32C1.NC=O. The quantitative estimate of drug-likeness (QED) is 0.440. The maximum Gasteiger partial charge on any atom is 0.204 e. The fraction of sp³-hybridized carbons (Fsp3) is 0.500. The molecule has 1 aliphatic heterocycles. The monoisotopic (exact) mass is 411 g/mol. The van der Waals surface area contributed by atoms with E-state index >= 15 is 0 Å². The molecular weight excluding hydrogens is 382 g/mol. The van der Waals surface area contributed by atoms with E-state index in [0.717, 1.165) is 35.3 Å². The van der Waals surface area contributed by atoms with Crippen LogP contribution in [0.3, 0.4) is 0 Å². The number of aliphatic hydroxyl groups excluding tert-OH is 1. The Bertz CT molecular complexity index is 939. The van der Waals surface area contributed by atoms with Crippen LogP contribution in [0, 0.1) is 11.8 Å². The Kier molecular flexibility index (Phi) is 5.35. The molecule has 6 nitrogen and oxygen atoms in total. The first-order valence-corrected chi connectivity index (χ1v) is 10.7. The van der Waals surface area contributed by atoms with Gasteiger partial charge in [-0.15, -0.1) is 0 Å². The van der Waals surface area contributed by atoms with Gasteiger partial charge in [-0.25, -0.2) is 0 Å². The van der Waals surface area contributed by atoms with Gasteiger partial charge in [-0.3, -0.25) is 9.59 Å². The van der Waals surface area contributed by atoms with Crippen LogP contribution < -0.4 is 5.73 Å². The van der Waals surface area contributed by atoms with Crippen molar-refractivity contribution in [3.05, 3.63) is 52.0 Å². The Morgan fingerprint density at radius 1 is 1.17 bits per heavy atom. The molecule has 160 valence electrons. The van der Waals surface area contributed by atoms with Gasteiger partial charge in [-0.05, 0) is 42.9 Å². The topological polar surface area (TPSA) is 113 Å². The number of nitrogens with two attached hydrogens (primary N) is 1. The summed E-state index contributed by atoms with van der Waals surface area (Å²) in [5, 5.41) is 20.2. The molecule has 1 aromatic rings. The van der Waals surface area contributed by atoms with Gasteiger partial charge in [0.2, 0.25) is 6.41 Å². The number of rotatable bonds is 0. The Balaban J connectivity index is 0.000000270. The van der Waals surface area contributed by atoms with Crippen molar-refractivity contribution in [1.29, 1.82) is 0 Å². The lowest BCUT2D eigenvalue weighted by Gasteiger charge is -2.36. The number of epoxide rings is 1. The number of ether oxygens (including phenoxy) is 1. The van der Waals surface area contributed by atoms with Crippen molar-refractivity contribution in [2.24, 2.45) is 17.6 Å². The highest BCUT2D eigenvalue weighted by molar-refractivity contribution is 6.13. The number of carbonyl (C=O) groups excluding carboxylic acids is 2. The average Bonchev–Trinajstić information content (AvgIpc) is 3.34. The minimum atomic E-state index is -0.361. The fourth-order valence-corrected chi connectivity index (χ4v) is 5.10. The van der Waals surface area contributed by atoms with Crippen molar-refractivity contribution in [2.75, 3.05) is 0 Å². The highest BCUT2D eigenvalue weighted by Gasteiger charge is 2.66. The molecule has 1 spiro atoms. The van der Waals surface area contributed by atoms with E-state index in [-0.39, 0.29) is 35.4 Å². The Labute approximate surface area is 176 Å². The van der Waals surface area contributed by atoms with Crippen molar-refractivity contribution in [2.45, 2.75) is 63.9 Å². The van der Waals surface area contributed by atoms with E-state index in [1.54, 1.807) is 12.1 Å². The first-order valence-electron chi connectivity index (χ1n) is 10.7. The van der Waals surface area contributed by atoms with Crippen LogP contribution in [0.1, 0.15) is 67.8 Å². The van der Waals surface area contributed by atoms with E-state index in [2.05, 4.69) is 5.73 Å². The lowest BCUT2D eigenvalue weighted by molar-refractivity contribution is -0.106. The maximum atomic E-state index is 13.0. The summed E-state index contributed by atoms with van der Waals surface area (Å²) >= 11 is 0. The Morgan fingerprint density at radius 3 is 2.47 bits per heavy atom. The minimum Gasteiger partial charge on any atom is -0.512 e. The molecule has 1 saturated carbocycles. The third-order valence-corrected chi connectivity index (χ3v) is 7.04. The average molecular weight is 411 g/mol. The molecule has 1 saturated heterocycles. The van der Waals surface area contributed by atoms with Crippen LogP contribution in [0.25, 0.3) is 0 Å². The lowest BCUT2D eigenvalue weighted by Crippen LogP contribution is -2.38. The zero-order valence-corrected chi connectivity index (χ0v) is 17.3. The minimum absolute atomic E-state index is 0.0632. The zero-order valence-electron chi connectivity index (χ0n) is 17.3. The van der Waals surface area contributed by atoms with Crippen molar-refractivity contribution < 1.29 is 24.5 Å². The summed E-state index contributed by atoms with van der Waals surface area (Å²) in [7, 11) is 0. The van der Waals surface area contributed by atoms with Crippen LogP contribution in [0.4, 0.5) is 0 Å². The molecule has 30 heavy (non-hydrogen) atoms. The molecule has 3 atom stereocenters. The standard InChI is InChI=1S/C19H18O4.C4H8.CH3NO/c1-9-8-19-12(7-14(9)21)6-11-5-10-3-2-4-13(20)15(10)17(22)16(11)18(19)23-19;1-2-4-3-1;2-1-3/h2-4,11-12,20-21H,5-8H2,1H3;1-4H2;1H,(H2,2,3)/t11?,12-,19-;;/m0../s1. The van der Waals surface area contributed by atoms with Crippen molar-refractivity contribution in [3.8, 4) is 5.75 Å². The second kappa shape index (κ2) is 7.82. The fourth-order valence-electron chi connectivity index (χ4n) is 5.10. The van der Waals surface area contributed by atoms with E-state index in [1.165, 1.54) is 25.7 Å². The first kappa shape index (κ1) is 20.5. The molecule has 1 heterocycles. The molecule has 2 fully saturated rings. The zero-order chi connectivity index (χ0) is 21.5. The predicted molar refractivity (Wildman–Crippen MR) is 112 cm³/mol. The molecule has 0 radical (unpaired) electrons. The summed E-state index contributed by atoms with van der Waals surface area (Å²) in [5.74, 6) is 1.69. The number of allylic oxidation sites excluding steroid dienone is 2. The number of primary amides is 1. The van der Waals surface area contributed by atoms with Gasteiger partial charge in [0.15, 0.2) is 11.4 Å². The van der Waals surface area contributed by atoms with Crippen molar-refractivity contribution in [3.63, 3.8) is 0 Å². The Morgan fingerprint density at radius 2 is 1.83 bits per heavy atom. The summed E-state index contributed by atoms with van der Waals surface area (Å²) in [6.07, 6.45) is 9.18. The number of amides is 1. The molecule has 6 rings (SSSR count). The maximum absolute atomic E-state index is 13.0. The third kappa shape index (κ3) is 3.28. The van der Waals surface area contributed by atoms with Gasteiger partial charge < -0.3 is 20.7 Å². The molecular formula is C24H29NO5. The van der Waals surface area contributed by atoms with Gasteiger partial charge in [0.1, 0.15) is 11.5 Å². The largest absolute Gasteiger partial charge is 0.512 e. The molecule has 5 aliphatic rings. The number of ketones is 1. The van der Waals surface area contributed by atoms with Gasteiger partial charge in [0.25, 0.3) is 0 Å². The number of phenols is 1. The van der Waals surface area contributed by atoms with Gasteiger partial charge in [0, 0.05) is 24.3 Å². The summed E-state index contributed by atoms with van der Waals surface area (Å²) < 4.78 is 6.01. The van der Waals surface area contributed by atoms with Crippen LogP contribution in [-0.2, 0) is 16.0 Å². The molecule has 4 N–H and O–H groups in total. The van der Waals surface area contributed by atoms with Gasteiger partial charge in [0.05, 0.1) is 11.3 Å². The Hall–Kier alpha value is -2.76. The van der Waals surface area contributed by atoms with E-state index < -0.39 is 0 Å². The summed E-state index contributed by atoms with van der Waals surface area (Å²) in [6, 6.07) is 5.29. The molecule has 1 amide bonds. The number of carbonyl (C=O) groups is 2. The number of fused-ring (bicyclic) bond motifs is 2. The molecule has 4 aliphatic carbocycles. The van der Waals surface area contributed by atoms with Gasteiger partial charge in [-0.2, -0.15) is 0 Å². The van der Waals surface area contributed by atoms with Crippen LogP contribution in [-0.4, -0.2) is 28.0 Å². The number of phenolic OH excluding ortho intramolecular Hbond substituents is 1. The van der Waals surface area contributed by atoms with E-state index in [0.29, 0.717) is 24.2 Å². The van der Waals surface area contributed by atoms with Crippen LogP contribution >= 0.6 is 0 Å². The second-order valence-electron chi connectivity index (χ2n) is 8.87. The van der Waals surface area contributed by atoms with E-state index in [9.17, 15) is 15.0 Å². The number of aliphatic hydroxyl groups is 1. The van der Waals surface area contributed by atoms with Crippen molar-refractivity contribution in [1.82, 2.24) is 0 Å². The lowest BCUT2D eigenvalue weighted by atomic mass is 9.64. The molecule has 0 aromatic heterocycles. The molecule has 1 unspecified atom stereocenters. The number of benzene rings is 1.